The molecule has 1 aliphatic carbocycles. The van der Waals surface area contributed by atoms with Gasteiger partial charge >= 0.3 is 0 Å². The minimum atomic E-state index is -0.241. The highest BCUT2D eigenvalue weighted by Gasteiger charge is 2.36. The average Bonchev–Trinajstić information content (AvgIpc) is 2.83. The molecule has 1 saturated carbocycles. The minimum absolute atomic E-state index is 0.241. The van der Waals surface area contributed by atoms with E-state index in [4.69, 9.17) is 10.2 Å². The first kappa shape index (κ1) is 12.2. The lowest BCUT2D eigenvalue weighted by Crippen LogP contribution is -2.17. The van der Waals surface area contributed by atoms with Crippen LogP contribution in [0.2, 0.25) is 0 Å². The normalized spacial score (nSPS) is 22.6. The van der Waals surface area contributed by atoms with E-state index in [2.05, 4.69) is 18.3 Å². The van der Waals surface area contributed by atoms with Crippen molar-refractivity contribution in [3.05, 3.63) is 23.7 Å². The van der Waals surface area contributed by atoms with Gasteiger partial charge in [-0.05, 0) is 37.4 Å². The Hall–Kier alpha value is -1.29. The first-order chi connectivity index (χ1) is 8.16. The second-order valence-corrected chi connectivity index (χ2v) is 4.87. The average molecular weight is 236 g/mol. The Labute approximate surface area is 102 Å². The van der Waals surface area contributed by atoms with Crippen molar-refractivity contribution in [2.24, 2.45) is 11.7 Å². The molecule has 0 spiro atoms. The van der Waals surface area contributed by atoms with Crippen LogP contribution in [-0.4, -0.2) is 12.5 Å². The van der Waals surface area contributed by atoms with E-state index in [-0.39, 0.29) is 5.91 Å². The van der Waals surface area contributed by atoms with Gasteiger partial charge in [-0.15, -0.1) is 0 Å². The zero-order valence-corrected chi connectivity index (χ0v) is 10.2. The van der Waals surface area contributed by atoms with Gasteiger partial charge in [-0.2, -0.15) is 0 Å². The van der Waals surface area contributed by atoms with Crippen LogP contribution in [0.15, 0.2) is 16.5 Å². The number of amides is 1. The van der Waals surface area contributed by atoms with Crippen molar-refractivity contribution in [3.8, 4) is 0 Å². The van der Waals surface area contributed by atoms with Gasteiger partial charge in [-0.1, -0.05) is 6.92 Å². The number of rotatable bonds is 7. The molecule has 4 heteroatoms. The van der Waals surface area contributed by atoms with Crippen molar-refractivity contribution in [3.63, 3.8) is 0 Å². The first-order valence-corrected chi connectivity index (χ1v) is 6.24. The number of primary amides is 1. The van der Waals surface area contributed by atoms with Crippen LogP contribution >= 0.6 is 0 Å². The van der Waals surface area contributed by atoms with Gasteiger partial charge in [0.2, 0.25) is 5.91 Å². The standard InChI is InChI=1S/C13H20N2O2/c1-9-7-11(9)12-5-4-10(17-12)8-15-6-2-3-13(14)16/h4-5,9,11,15H,2-3,6-8H2,1H3,(H2,14,16). The molecule has 2 rings (SSSR count). The Kier molecular flexibility index (Phi) is 3.84. The molecule has 1 aromatic heterocycles. The molecule has 1 fully saturated rings. The van der Waals surface area contributed by atoms with Crippen LogP contribution in [0, 0.1) is 5.92 Å². The summed E-state index contributed by atoms with van der Waals surface area (Å²) in [7, 11) is 0. The maximum atomic E-state index is 10.5. The molecule has 1 heterocycles. The molecule has 0 bridgehead atoms. The minimum Gasteiger partial charge on any atom is -0.464 e. The van der Waals surface area contributed by atoms with Crippen molar-refractivity contribution >= 4 is 5.91 Å². The van der Waals surface area contributed by atoms with Crippen LogP contribution in [0.25, 0.3) is 0 Å². The summed E-state index contributed by atoms with van der Waals surface area (Å²) in [5.41, 5.74) is 5.06. The van der Waals surface area contributed by atoms with E-state index in [1.54, 1.807) is 0 Å². The van der Waals surface area contributed by atoms with Crippen molar-refractivity contribution in [2.45, 2.75) is 38.6 Å². The maximum absolute atomic E-state index is 10.5. The number of furan rings is 1. The van der Waals surface area contributed by atoms with E-state index < -0.39 is 0 Å². The second kappa shape index (κ2) is 5.36. The van der Waals surface area contributed by atoms with E-state index in [1.807, 2.05) is 6.07 Å². The third kappa shape index (κ3) is 3.60. The summed E-state index contributed by atoms with van der Waals surface area (Å²) < 4.78 is 5.75. The van der Waals surface area contributed by atoms with Gasteiger partial charge in [0.25, 0.3) is 0 Å². The molecule has 3 N–H and O–H groups in total. The Balaban J connectivity index is 1.65. The molecular weight excluding hydrogens is 216 g/mol. The summed E-state index contributed by atoms with van der Waals surface area (Å²) in [4.78, 5) is 10.5. The molecule has 2 unspecified atom stereocenters. The number of hydrogen-bond acceptors (Lipinski definition) is 3. The highest BCUT2D eigenvalue weighted by Crippen LogP contribution is 2.47. The lowest BCUT2D eigenvalue weighted by Gasteiger charge is -2.01. The predicted octanol–water partition coefficient (Wildman–Crippen LogP) is 1.76. The van der Waals surface area contributed by atoms with Gasteiger partial charge in [-0.3, -0.25) is 4.79 Å². The van der Waals surface area contributed by atoms with Crippen LogP contribution in [0.3, 0.4) is 0 Å². The molecule has 1 amide bonds. The molecule has 2 atom stereocenters. The lowest BCUT2D eigenvalue weighted by atomic mass is 10.3. The Morgan fingerprint density at radius 1 is 1.59 bits per heavy atom. The van der Waals surface area contributed by atoms with E-state index >= 15 is 0 Å². The third-order valence-corrected chi connectivity index (χ3v) is 3.23. The predicted molar refractivity (Wildman–Crippen MR) is 65.4 cm³/mol. The van der Waals surface area contributed by atoms with Crippen molar-refractivity contribution < 1.29 is 9.21 Å². The fraction of sp³-hybridized carbons (Fsp3) is 0.615. The largest absolute Gasteiger partial charge is 0.464 e. The SMILES string of the molecule is CC1CC1c1ccc(CNCCCC(N)=O)o1. The van der Waals surface area contributed by atoms with Crippen LogP contribution in [0.5, 0.6) is 0 Å². The molecule has 0 radical (unpaired) electrons. The van der Waals surface area contributed by atoms with E-state index in [0.717, 1.165) is 36.9 Å². The molecule has 1 aliphatic rings. The monoisotopic (exact) mass is 236 g/mol. The number of hydrogen-bond donors (Lipinski definition) is 2. The van der Waals surface area contributed by atoms with Crippen molar-refractivity contribution in [1.82, 2.24) is 5.32 Å². The van der Waals surface area contributed by atoms with Crippen LogP contribution < -0.4 is 11.1 Å². The maximum Gasteiger partial charge on any atom is 0.217 e. The van der Waals surface area contributed by atoms with Gasteiger partial charge in [-0.25, -0.2) is 0 Å². The fourth-order valence-corrected chi connectivity index (χ4v) is 2.01. The number of nitrogens with one attached hydrogen (secondary N) is 1. The molecule has 1 aromatic rings. The van der Waals surface area contributed by atoms with Crippen LogP contribution in [0.4, 0.5) is 0 Å². The topological polar surface area (TPSA) is 68.3 Å². The molecule has 17 heavy (non-hydrogen) atoms. The second-order valence-electron chi connectivity index (χ2n) is 4.87. The van der Waals surface area contributed by atoms with Gasteiger partial charge < -0.3 is 15.5 Å². The van der Waals surface area contributed by atoms with Crippen molar-refractivity contribution in [2.75, 3.05) is 6.54 Å². The Morgan fingerprint density at radius 3 is 3.00 bits per heavy atom. The van der Waals surface area contributed by atoms with Crippen molar-refractivity contribution in [1.29, 1.82) is 0 Å². The highest BCUT2D eigenvalue weighted by molar-refractivity contribution is 5.73. The summed E-state index contributed by atoms with van der Waals surface area (Å²) in [6, 6.07) is 4.11. The van der Waals surface area contributed by atoms with Gasteiger partial charge in [0.1, 0.15) is 11.5 Å². The highest BCUT2D eigenvalue weighted by atomic mass is 16.3. The number of carbonyl (C=O) groups excluding carboxylic acids is 1. The molecular formula is C13H20N2O2. The molecule has 94 valence electrons. The summed E-state index contributed by atoms with van der Waals surface area (Å²) in [5, 5.41) is 3.24. The molecule has 0 aliphatic heterocycles. The zero-order chi connectivity index (χ0) is 12.3. The number of nitrogens with two attached hydrogens (primary N) is 1. The molecule has 4 nitrogen and oxygen atoms in total. The summed E-state index contributed by atoms with van der Waals surface area (Å²) in [5.74, 6) is 3.26. The van der Waals surface area contributed by atoms with Crippen LogP contribution in [-0.2, 0) is 11.3 Å². The third-order valence-electron chi connectivity index (χ3n) is 3.23. The smallest absolute Gasteiger partial charge is 0.217 e. The van der Waals surface area contributed by atoms with E-state index in [1.165, 1.54) is 6.42 Å². The number of carbonyl (C=O) groups is 1. The zero-order valence-electron chi connectivity index (χ0n) is 10.2. The quantitative estimate of drug-likeness (QED) is 0.709. The Bertz CT molecular complexity index is 387. The Morgan fingerprint density at radius 2 is 2.35 bits per heavy atom. The summed E-state index contributed by atoms with van der Waals surface area (Å²) in [6.45, 7) is 3.76. The van der Waals surface area contributed by atoms with Crippen LogP contribution in [0.1, 0.15) is 43.6 Å². The van der Waals surface area contributed by atoms with Gasteiger partial charge in [0, 0.05) is 12.3 Å². The van der Waals surface area contributed by atoms with E-state index in [9.17, 15) is 4.79 Å². The lowest BCUT2D eigenvalue weighted by molar-refractivity contribution is -0.118. The van der Waals surface area contributed by atoms with Gasteiger partial charge in [0.15, 0.2) is 0 Å². The summed E-state index contributed by atoms with van der Waals surface area (Å²) in [6.07, 6.45) is 2.47. The first-order valence-electron chi connectivity index (χ1n) is 6.24. The summed E-state index contributed by atoms with van der Waals surface area (Å²) >= 11 is 0. The van der Waals surface area contributed by atoms with E-state index in [0.29, 0.717) is 12.3 Å². The molecule has 0 saturated heterocycles. The fourth-order valence-electron chi connectivity index (χ4n) is 2.01. The van der Waals surface area contributed by atoms with Gasteiger partial charge in [0.05, 0.1) is 6.54 Å². The molecule has 0 aromatic carbocycles.